The van der Waals surface area contributed by atoms with Crippen LogP contribution in [0.1, 0.15) is 18.9 Å². The van der Waals surface area contributed by atoms with Gasteiger partial charge in [0.1, 0.15) is 5.82 Å². The summed E-state index contributed by atoms with van der Waals surface area (Å²) in [5.41, 5.74) is 0.980. The molecule has 1 saturated heterocycles. The molecule has 0 radical (unpaired) electrons. The molecule has 1 aromatic rings. The second-order valence-electron chi connectivity index (χ2n) is 4.63. The molecule has 19 heavy (non-hydrogen) atoms. The number of hydrogen-bond acceptors (Lipinski definition) is 4. The quantitative estimate of drug-likeness (QED) is 0.624. The highest BCUT2D eigenvalue weighted by Gasteiger charge is 2.17. The van der Waals surface area contributed by atoms with Crippen molar-refractivity contribution in [3.05, 3.63) is 23.9 Å². The van der Waals surface area contributed by atoms with Crippen molar-refractivity contribution < 1.29 is 0 Å². The van der Waals surface area contributed by atoms with E-state index in [1.54, 1.807) is 0 Å². The van der Waals surface area contributed by atoms with Crippen molar-refractivity contribution in [2.45, 2.75) is 13.3 Å². The van der Waals surface area contributed by atoms with Gasteiger partial charge in [0, 0.05) is 52.6 Å². The number of nitrogens with one attached hydrogen (secondary N) is 1. The molecule has 1 N–H and O–H groups in total. The largest absolute Gasteiger partial charge is 0.355 e. The summed E-state index contributed by atoms with van der Waals surface area (Å²) >= 11 is 2.17. The normalized spacial score (nSPS) is 19.5. The lowest BCUT2D eigenvalue weighted by molar-refractivity contribution is 0.500. The molecule has 1 aromatic heterocycles. The van der Waals surface area contributed by atoms with Crippen LogP contribution in [0.4, 0.5) is 5.82 Å². The minimum atomic E-state index is 0.708. The zero-order chi connectivity index (χ0) is 13.5. The summed E-state index contributed by atoms with van der Waals surface area (Å²) < 4.78 is 0. The Morgan fingerprint density at radius 1 is 1.58 bits per heavy atom. The van der Waals surface area contributed by atoms with Crippen LogP contribution < -0.4 is 10.2 Å². The summed E-state index contributed by atoms with van der Waals surface area (Å²) in [5, 5.41) is 6.47. The van der Waals surface area contributed by atoms with Crippen molar-refractivity contribution in [1.29, 1.82) is 0 Å². The first-order valence-corrected chi connectivity index (χ1v) is 9.89. The number of nitrogens with zero attached hydrogens (tertiary/aromatic N) is 2. The van der Waals surface area contributed by atoms with Crippen molar-refractivity contribution in [2.75, 3.05) is 31.1 Å². The van der Waals surface area contributed by atoms with E-state index in [2.05, 4.69) is 66.6 Å². The van der Waals surface area contributed by atoms with E-state index in [-0.39, 0.29) is 0 Å². The van der Waals surface area contributed by atoms with Crippen LogP contribution in [0.2, 0.25) is 0 Å². The molecule has 102 valence electrons. The molecule has 0 amide bonds. The minimum absolute atomic E-state index is 0.708. The summed E-state index contributed by atoms with van der Waals surface area (Å²) in [4.78, 5) is 6.92. The minimum Gasteiger partial charge on any atom is -0.355 e. The van der Waals surface area contributed by atoms with Gasteiger partial charge >= 0.3 is 0 Å². The average Bonchev–Trinajstić information content (AvgIpc) is 2.71. The summed E-state index contributed by atoms with van der Waals surface area (Å²) in [7, 11) is 1.50. The number of aromatic nitrogens is 1. The smallest absolute Gasteiger partial charge is 0.128 e. The SMILES string of the molecule is CCC1CNCCN(c2ccc(C#CSI)cn2)C1. The van der Waals surface area contributed by atoms with Crippen LogP contribution in [0.15, 0.2) is 18.3 Å². The monoisotopic (exact) mass is 387 g/mol. The van der Waals surface area contributed by atoms with Gasteiger partial charge < -0.3 is 10.2 Å². The van der Waals surface area contributed by atoms with E-state index in [1.165, 1.54) is 15.4 Å². The van der Waals surface area contributed by atoms with Gasteiger partial charge in [0.2, 0.25) is 0 Å². The standard InChI is InChI=1S/C14H18IN3S/c1-2-12-9-16-6-7-18(11-12)14-4-3-13(10-17-14)5-8-19-15/h3-4,10,12,16H,2,6-7,9,11H2,1H3. The summed E-state index contributed by atoms with van der Waals surface area (Å²) in [5.74, 6) is 4.84. The fourth-order valence-electron chi connectivity index (χ4n) is 2.19. The van der Waals surface area contributed by atoms with E-state index in [0.29, 0.717) is 5.92 Å². The molecule has 0 aliphatic carbocycles. The summed E-state index contributed by atoms with van der Waals surface area (Å²) in [6.07, 6.45) is 3.08. The van der Waals surface area contributed by atoms with Gasteiger partial charge in [-0.05, 0) is 38.8 Å². The predicted octanol–water partition coefficient (Wildman–Crippen LogP) is 2.91. The van der Waals surface area contributed by atoms with Crippen LogP contribution in [0.25, 0.3) is 0 Å². The lowest BCUT2D eigenvalue weighted by Crippen LogP contribution is -2.30. The van der Waals surface area contributed by atoms with Gasteiger partial charge in [-0.3, -0.25) is 0 Å². The Morgan fingerprint density at radius 2 is 2.47 bits per heavy atom. The highest BCUT2D eigenvalue weighted by molar-refractivity contribution is 14.2. The zero-order valence-corrected chi connectivity index (χ0v) is 14.0. The molecule has 1 atom stereocenters. The number of anilines is 1. The van der Waals surface area contributed by atoms with Crippen LogP contribution in [0.3, 0.4) is 0 Å². The van der Waals surface area contributed by atoms with E-state index in [1.807, 2.05) is 6.20 Å². The van der Waals surface area contributed by atoms with E-state index in [4.69, 9.17) is 0 Å². The fourth-order valence-corrected chi connectivity index (χ4v) is 2.68. The Labute approximate surface area is 131 Å². The highest BCUT2D eigenvalue weighted by atomic mass is 127. The van der Waals surface area contributed by atoms with Gasteiger partial charge in [0.15, 0.2) is 0 Å². The molecule has 2 rings (SSSR count). The molecule has 0 bridgehead atoms. The lowest BCUT2D eigenvalue weighted by Gasteiger charge is -2.24. The molecule has 0 aromatic carbocycles. The molecule has 0 spiro atoms. The highest BCUT2D eigenvalue weighted by Crippen LogP contribution is 2.16. The average molecular weight is 387 g/mol. The van der Waals surface area contributed by atoms with Crippen molar-refractivity contribution in [3.63, 3.8) is 0 Å². The number of rotatable bonds is 2. The van der Waals surface area contributed by atoms with Crippen molar-refractivity contribution in [3.8, 4) is 11.2 Å². The molecule has 1 aliphatic heterocycles. The molecule has 1 aliphatic rings. The van der Waals surface area contributed by atoms with Crippen molar-refractivity contribution >= 4 is 36.0 Å². The van der Waals surface area contributed by atoms with E-state index < -0.39 is 0 Å². The Bertz CT molecular complexity index is 452. The van der Waals surface area contributed by atoms with Crippen LogP contribution in [0, 0.1) is 17.1 Å². The van der Waals surface area contributed by atoms with Crippen LogP contribution >= 0.6 is 30.1 Å². The first-order valence-electron chi connectivity index (χ1n) is 6.53. The Kier molecular flexibility index (Phi) is 6.28. The van der Waals surface area contributed by atoms with Gasteiger partial charge in [-0.15, -0.1) is 0 Å². The third-order valence-corrected chi connectivity index (χ3v) is 4.19. The molecule has 5 heteroatoms. The predicted molar refractivity (Wildman–Crippen MR) is 91.6 cm³/mol. The summed E-state index contributed by atoms with van der Waals surface area (Å²) in [6, 6.07) is 4.14. The van der Waals surface area contributed by atoms with Gasteiger partial charge in [-0.1, -0.05) is 19.3 Å². The topological polar surface area (TPSA) is 28.2 Å². The van der Waals surface area contributed by atoms with E-state index in [9.17, 15) is 0 Å². The third kappa shape index (κ3) is 4.55. The van der Waals surface area contributed by atoms with Crippen LogP contribution in [-0.2, 0) is 0 Å². The van der Waals surface area contributed by atoms with Crippen LogP contribution in [0.5, 0.6) is 0 Å². The molecule has 1 fully saturated rings. The maximum atomic E-state index is 4.55. The Hall–Kier alpha value is -0.450. The second-order valence-corrected chi connectivity index (χ2v) is 6.31. The maximum absolute atomic E-state index is 4.55. The van der Waals surface area contributed by atoms with Crippen molar-refractivity contribution in [2.24, 2.45) is 5.92 Å². The molecule has 3 nitrogen and oxygen atoms in total. The number of pyridine rings is 1. The molecule has 1 unspecified atom stereocenters. The van der Waals surface area contributed by atoms with Gasteiger partial charge in [-0.2, -0.15) is 0 Å². The van der Waals surface area contributed by atoms with E-state index in [0.717, 1.165) is 37.6 Å². The molecule has 0 saturated carbocycles. The first-order chi connectivity index (χ1) is 9.33. The fraction of sp³-hybridized carbons (Fsp3) is 0.500. The number of halogens is 1. The molecular weight excluding hydrogens is 369 g/mol. The molecular formula is C14H18IN3S. The zero-order valence-electron chi connectivity index (χ0n) is 11.0. The Balaban J connectivity index is 2.07. The maximum Gasteiger partial charge on any atom is 0.128 e. The number of hydrogen-bond donors (Lipinski definition) is 1. The second kappa shape index (κ2) is 7.98. The molecule has 2 heterocycles. The van der Waals surface area contributed by atoms with Gasteiger partial charge in [-0.25, -0.2) is 4.98 Å². The van der Waals surface area contributed by atoms with Crippen molar-refractivity contribution in [1.82, 2.24) is 10.3 Å². The van der Waals surface area contributed by atoms with E-state index >= 15 is 0 Å². The summed E-state index contributed by atoms with van der Waals surface area (Å²) in [6.45, 7) is 6.52. The third-order valence-electron chi connectivity index (χ3n) is 3.35. The van der Waals surface area contributed by atoms with Gasteiger partial charge in [0.25, 0.3) is 0 Å². The van der Waals surface area contributed by atoms with Crippen LogP contribution in [-0.4, -0.2) is 31.2 Å². The first kappa shape index (κ1) is 14.9. The lowest BCUT2D eigenvalue weighted by atomic mass is 10.1. The van der Waals surface area contributed by atoms with Gasteiger partial charge in [0.05, 0.1) is 0 Å². The Morgan fingerprint density at radius 3 is 3.16 bits per heavy atom.